The van der Waals surface area contributed by atoms with Crippen LogP contribution in [0.15, 0.2) is 24.3 Å². The second kappa shape index (κ2) is 9.06. The van der Waals surface area contributed by atoms with Gasteiger partial charge in [0.15, 0.2) is 0 Å². The van der Waals surface area contributed by atoms with Crippen molar-refractivity contribution in [1.29, 1.82) is 0 Å². The van der Waals surface area contributed by atoms with E-state index < -0.39 is 0 Å². The highest BCUT2D eigenvalue weighted by Gasteiger charge is 2.21. The number of nitrogens with zero attached hydrogens (tertiary/aromatic N) is 1. The van der Waals surface area contributed by atoms with E-state index in [4.69, 9.17) is 0 Å². The van der Waals surface area contributed by atoms with Gasteiger partial charge in [0.2, 0.25) is 5.91 Å². The number of piperidine rings is 1. The molecule has 1 fully saturated rings. The minimum atomic E-state index is 0. The minimum absolute atomic E-state index is 0. The Bertz CT molecular complexity index is 442. The Balaban J connectivity index is 0.00000220. The molecule has 118 valence electrons. The first kappa shape index (κ1) is 18.0. The minimum Gasteiger partial charge on any atom is -0.343 e. The van der Waals surface area contributed by atoms with E-state index in [9.17, 15) is 4.79 Å². The molecule has 21 heavy (non-hydrogen) atoms. The van der Waals surface area contributed by atoms with E-state index in [1.165, 1.54) is 11.1 Å². The molecule has 1 aromatic rings. The van der Waals surface area contributed by atoms with Crippen molar-refractivity contribution in [3.63, 3.8) is 0 Å². The van der Waals surface area contributed by atoms with Gasteiger partial charge in [0.25, 0.3) is 0 Å². The fourth-order valence-electron chi connectivity index (χ4n) is 2.95. The Morgan fingerprint density at radius 1 is 1.33 bits per heavy atom. The fraction of sp³-hybridized carbons (Fsp3) is 0.588. The van der Waals surface area contributed by atoms with Gasteiger partial charge in [-0.05, 0) is 51.3 Å². The third-order valence-electron chi connectivity index (χ3n) is 4.17. The van der Waals surface area contributed by atoms with Crippen LogP contribution in [0.2, 0.25) is 0 Å². The number of carbonyl (C=O) groups excluding carboxylic acids is 1. The Morgan fingerprint density at radius 2 is 2.05 bits per heavy atom. The number of rotatable bonds is 5. The van der Waals surface area contributed by atoms with Gasteiger partial charge in [-0.2, -0.15) is 0 Å². The van der Waals surface area contributed by atoms with Crippen LogP contribution in [0.1, 0.15) is 30.4 Å². The van der Waals surface area contributed by atoms with Crippen molar-refractivity contribution in [1.82, 2.24) is 10.2 Å². The number of benzene rings is 1. The molecule has 0 aromatic heterocycles. The lowest BCUT2D eigenvalue weighted by Gasteiger charge is -2.32. The molecule has 1 aliphatic rings. The van der Waals surface area contributed by atoms with Gasteiger partial charge >= 0.3 is 0 Å². The molecular weight excluding hydrogens is 284 g/mol. The van der Waals surface area contributed by atoms with Crippen molar-refractivity contribution in [2.75, 3.05) is 26.7 Å². The van der Waals surface area contributed by atoms with E-state index >= 15 is 0 Å². The summed E-state index contributed by atoms with van der Waals surface area (Å²) in [6, 6.07) is 8.45. The summed E-state index contributed by atoms with van der Waals surface area (Å²) in [5.74, 6) is 1.05. The molecule has 4 heteroatoms. The Labute approximate surface area is 134 Å². The first-order chi connectivity index (χ1) is 9.69. The quantitative estimate of drug-likeness (QED) is 0.907. The molecule has 0 unspecified atom stereocenters. The Hall–Kier alpha value is -1.06. The predicted octanol–water partition coefficient (Wildman–Crippen LogP) is 2.81. The average molecular weight is 311 g/mol. The molecule has 0 aliphatic carbocycles. The third kappa shape index (κ3) is 5.68. The summed E-state index contributed by atoms with van der Waals surface area (Å²) in [6.07, 6.45) is 3.77. The van der Waals surface area contributed by atoms with E-state index in [-0.39, 0.29) is 12.4 Å². The monoisotopic (exact) mass is 310 g/mol. The summed E-state index contributed by atoms with van der Waals surface area (Å²) in [7, 11) is 2.00. The van der Waals surface area contributed by atoms with E-state index in [1.807, 2.05) is 11.9 Å². The summed E-state index contributed by atoms with van der Waals surface area (Å²) in [4.78, 5) is 14.3. The van der Waals surface area contributed by atoms with Gasteiger partial charge in [-0.1, -0.05) is 29.8 Å². The second-order valence-electron chi connectivity index (χ2n) is 5.87. The number of carbonyl (C=O) groups is 1. The number of nitrogens with one attached hydrogen (secondary N) is 1. The molecule has 1 saturated heterocycles. The number of amides is 1. The largest absolute Gasteiger partial charge is 0.343 e. The molecule has 1 aliphatic heterocycles. The maximum Gasteiger partial charge on any atom is 0.222 e. The van der Waals surface area contributed by atoms with Crippen LogP contribution in [0.25, 0.3) is 0 Å². The first-order valence-electron chi connectivity index (χ1n) is 7.67. The second-order valence-corrected chi connectivity index (χ2v) is 5.87. The van der Waals surface area contributed by atoms with Crippen LogP contribution in [0.5, 0.6) is 0 Å². The first-order valence-corrected chi connectivity index (χ1v) is 7.67. The van der Waals surface area contributed by atoms with Gasteiger partial charge in [0.05, 0.1) is 0 Å². The normalized spacial score (nSPS) is 15.6. The summed E-state index contributed by atoms with van der Waals surface area (Å²) in [5.41, 5.74) is 2.53. The Morgan fingerprint density at radius 3 is 2.67 bits per heavy atom. The number of hydrogen-bond donors (Lipinski definition) is 1. The van der Waals surface area contributed by atoms with Crippen LogP contribution in [0, 0.1) is 12.8 Å². The van der Waals surface area contributed by atoms with Crippen molar-refractivity contribution >= 4 is 18.3 Å². The summed E-state index contributed by atoms with van der Waals surface area (Å²) < 4.78 is 0. The molecule has 0 spiro atoms. The zero-order chi connectivity index (χ0) is 14.4. The highest BCUT2D eigenvalue weighted by atomic mass is 35.5. The molecular formula is C17H27ClN2O. The molecule has 1 heterocycles. The summed E-state index contributed by atoms with van der Waals surface area (Å²) in [6.45, 7) is 5.03. The zero-order valence-electron chi connectivity index (χ0n) is 13.1. The molecule has 2 rings (SSSR count). The highest BCUT2D eigenvalue weighted by Crippen LogP contribution is 2.17. The molecule has 0 bridgehead atoms. The zero-order valence-corrected chi connectivity index (χ0v) is 13.9. The van der Waals surface area contributed by atoms with Gasteiger partial charge in [-0.15, -0.1) is 12.4 Å². The highest BCUT2D eigenvalue weighted by molar-refractivity contribution is 5.85. The van der Waals surface area contributed by atoms with Crippen LogP contribution >= 0.6 is 12.4 Å². The fourth-order valence-corrected chi connectivity index (χ4v) is 2.95. The van der Waals surface area contributed by atoms with Crippen molar-refractivity contribution in [3.8, 4) is 0 Å². The number of aryl methyl sites for hydroxylation is 2. The van der Waals surface area contributed by atoms with Gasteiger partial charge in [-0.3, -0.25) is 4.79 Å². The van der Waals surface area contributed by atoms with E-state index in [2.05, 4.69) is 36.5 Å². The molecule has 0 saturated carbocycles. The van der Waals surface area contributed by atoms with Gasteiger partial charge in [0.1, 0.15) is 0 Å². The lowest BCUT2D eigenvalue weighted by atomic mass is 9.96. The Kier molecular flexibility index (Phi) is 7.76. The molecule has 3 nitrogen and oxygen atoms in total. The predicted molar refractivity (Wildman–Crippen MR) is 90.0 cm³/mol. The third-order valence-corrected chi connectivity index (χ3v) is 4.17. The molecule has 1 aromatic carbocycles. The SMILES string of the molecule is CNCC1CCN(C(=O)CCc2cccc(C)c2)CC1.Cl. The number of halogens is 1. The van der Waals surface area contributed by atoms with Crippen LogP contribution < -0.4 is 5.32 Å². The topological polar surface area (TPSA) is 32.3 Å². The lowest BCUT2D eigenvalue weighted by Crippen LogP contribution is -2.40. The maximum atomic E-state index is 12.2. The molecule has 0 atom stereocenters. The van der Waals surface area contributed by atoms with E-state index in [0.29, 0.717) is 12.3 Å². The summed E-state index contributed by atoms with van der Waals surface area (Å²) >= 11 is 0. The van der Waals surface area contributed by atoms with Crippen molar-refractivity contribution in [3.05, 3.63) is 35.4 Å². The van der Waals surface area contributed by atoms with E-state index in [1.54, 1.807) is 0 Å². The average Bonchev–Trinajstić information content (AvgIpc) is 2.46. The maximum absolute atomic E-state index is 12.2. The van der Waals surface area contributed by atoms with Crippen molar-refractivity contribution in [2.24, 2.45) is 5.92 Å². The van der Waals surface area contributed by atoms with Crippen LogP contribution in [0.3, 0.4) is 0 Å². The molecule has 0 radical (unpaired) electrons. The van der Waals surface area contributed by atoms with Gasteiger partial charge in [0, 0.05) is 19.5 Å². The lowest BCUT2D eigenvalue weighted by molar-refractivity contribution is -0.132. The van der Waals surface area contributed by atoms with Crippen molar-refractivity contribution < 1.29 is 4.79 Å². The van der Waals surface area contributed by atoms with Gasteiger partial charge < -0.3 is 10.2 Å². The summed E-state index contributed by atoms with van der Waals surface area (Å²) in [5, 5.41) is 3.23. The van der Waals surface area contributed by atoms with Crippen LogP contribution in [0.4, 0.5) is 0 Å². The smallest absolute Gasteiger partial charge is 0.222 e. The standard InChI is InChI=1S/C17H26N2O.ClH/c1-14-4-3-5-15(12-14)6-7-17(20)19-10-8-16(9-11-19)13-18-2;/h3-5,12,16,18H,6-11,13H2,1-2H3;1H. The molecule has 1 N–H and O–H groups in total. The van der Waals surface area contributed by atoms with Crippen molar-refractivity contribution in [2.45, 2.75) is 32.6 Å². The van der Waals surface area contributed by atoms with Gasteiger partial charge in [-0.25, -0.2) is 0 Å². The number of hydrogen-bond acceptors (Lipinski definition) is 2. The molecule has 1 amide bonds. The van der Waals surface area contributed by atoms with Crippen LogP contribution in [-0.2, 0) is 11.2 Å². The van der Waals surface area contributed by atoms with E-state index in [0.717, 1.165) is 44.8 Å². The number of likely N-dealkylation sites (tertiary alicyclic amines) is 1. The van der Waals surface area contributed by atoms with Crippen LogP contribution in [-0.4, -0.2) is 37.5 Å².